The van der Waals surface area contributed by atoms with Crippen LogP contribution in [-0.2, 0) is 9.47 Å². The van der Waals surface area contributed by atoms with Crippen LogP contribution in [0.4, 0.5) is 0 Å². The Bertz CT molecular complexity index is 480. The van der Waals surface area contributed by atoms with Gasteiger partial charge in [-0.3, -0.25) is 0 Å². The summed E-state index contributed by atoms with van der Waals surface area (Å²) in [5, 5.41) is 0. The average molecular weight is 349 g/mol. The van der Waals surface area contributed by atoms with Crippen LogP contribution >= 0.6 is 0 Å². The average Bonchev–Trinajstić information content (AvgIpc) is 2.50. The van der Waals surface area contributed by atoms with Crippen molar-refractivity contribution in [1.29, 1.82) is 0 Å². The summed E-state index contributed by atoms with van der Waals surface area (Å²) in [5.41, 5.74) is 4.52. The van der Waals surface area contributed by atoms with Crippen LogP contribution in [0.5, 0.6) is 0 Å². The number of hydrogen-bond donors (Lipinski definition) is 0. The van der Waals surface area contributed by atoms with Crippen molar-refractivity contribution in [2.24, 2.45) is 5.41 Å². The van der Waals surface area contributed by atoms with Crippen molar-refractivity contribution in [3.05, 3.63) is 34.9 Å². The first kappa shape index (κ1) is 22.2. The molecule has 0 unspecified atom stereocenters. The van der Waals surface area contributed by atoms with Crippen LogP contribution in [-0.4, -0.2) is 19.0 Å². The standard InChI is InChI=1S/C23H40O2/c1-19(2)11-8-12-20(3)13-9-14-21(4)15-10-16-23(7)24-17-22(5,6)18-25-23/h11,13,15H,8-10,12,14,16-18H2,1-7H3. The van der Waals surface area contributed by atoms with Crippen molar-refractivity contribution < 1.29 is 9.47 Å². The van der Waals surface area contributed by atoms with Crippen LogP contribution in [0, 0.1) is 5.41 Å². The molecule has 144 valence electrons. The molecule has 1 heterocycles. The third-order valence-electron chi connectivity index (χ3n) is 4.75. The minimum absolute atomic E-state index is 0.140. The van der Waals surface area contributed by atoms with E-state index in [0.717, 1.165) is 45.3 Å². The first-order valence-corrected chi connectivity index (χ1v) is 9.84. The van der Waals surface area contributed by atoms with Crippen molar-refractivity contribution >= 4 is 0 Å². The normalized spacial score (nSPS) is 20.4. The molecule has 0 aromatic heterocycles. The number of hydrogen-bond acceptors (Lipinski definition) is 2. The molecule has 0 radical (unpaired) electrons. The van der Waals surface area contributed by atoms with Gasteiger partial charge in [-0.15, -0.1) is 0 Å². The molecule has 2 nitrogen and oxygen atoms in total. The van der Waals surface area contributed by atoms with Crippen LogP contribution in [0.1, 0.15) is 87.0 Å². The molecule has 1 fully saturated rings. The molecule has 0 N–H and O–H groups in total. The highest BCUT2D eigenvalue weighted by molar-refractivity contribution is 5.05. The van der Waals surface area contributed by atoms with E-state index in [1.807, 2.05) is 0 Å². The van der Waals surface area contributed by atoms with E-state index in [1.165, 1.54) is 23.1 Å². The van der Waals surface area contributed by atoms with Gasteiger partial charge in [0, 0.05) is 11.8 Å². The molecule has 0 amide bonds. The second kappa shape index (κ2) is 10.3. The minimum atomic E-state index is -0.409. The first-order chi connectivity index (χ1) is 11.6. The third kappa shape index (κ3) is 10.0. The fourth-order valence-corrected chi connectivity index (χ4v) is 2.84. The zero-order chi connectivity index (χ0) is 18.9. The van der Waals surface area contributed by atoms with Crippen LogP contribution < -0.4 is 0 Å². The molecule has 2 heteroatoms. The Morgan fingerprint density at radius 2 is 1.24 bits per heavy atom. The lowest BCUT2D eigenvalue weighted by molar-refractivity contribution is -0.291. The maximum absolute atomic E-state index is 5.96. The summed E-state index contributed by atoms with van der Waals surface area (Å²) in [6, 6.07) is 0. The van der Waals surface area contributed by atoms with Gasteiger partial charge in [-0.05, 0) is 66.7 Å². The van der Waals surface area contributed by atoms with Crippen molar-refractivity contribution in [2.75, 3.05) is 13.2 Å². The van der Waals surface area contributed by atoms with Crippen LogP contribution in [0.3, 0.4) is 0 Å². The predicted octanol–water partition coefficient (Wildman–Crippen LogP) is 6.98. The lowest BCUT2D eigenvalue weighted by Gasteiger charge is -2.41. The first-order valence-electron chi connectivity index (χ1n) is 9.84. The lowest BCUT2D eigenvalue weighted by Crippen LogP contribution is -2.45. The van der Waals surface area contributed by atoms with E-state index < -0.39 is 5.79 Å². The Morgan fingerprint density at radius 3 is 1.76 bits per heavy atom. The molecule has 0 aromatic rings. The molecule has 1 aliphatic rings. The quantitative estimate of drug-likeness (QED) is 0.419. The molecular weight excluding hydrogens is 308 g/mol. The van der Waals surface area contributed by atoms with E-state index >= 15 is 0 Å². The Morgan fingerprint density at radius 1 is 0.760 bits per heavy atom. The van der Waals surface area contributed by atoms with E-state index in [4.69, 9.17) is 9.47 Å². The summed E-state index contributed by atoms with van der Waals surface area (Å²) in [6.07, 6.45) is 13.6. The van der Waals surface area contributed by atoms with Gasteiger partial charge < -0.3 is 9.47 Å². The highest BCUT2D eigenvalue weighted by Crippen LogP contribution is 2.32. The van der Waals surface area contributed by atoms with Crippen molar-refractivity contribution in [2.45, 2.75) is 92.8 Å². The van der Waals surface area contributed by atoms with E-state index in [-0.39, 0.29) is 5.41 Å². The Balaban J connectivity index is 2.26. The lowest BCUT2D eigenvalue weighted by atomic mass is 9.94. The fraction of sp³-hybridized carbons (Fsp3) is 0.739. The van der Waals surface area contributed by atoms with Gasteiger partial charge in [-0.1, -0.05) is 48.8 Å². The maximum Gasteiger partial charge on any atom is 0.165 e. The largest absolute Gasteiger partial charge is 0.350 e. The summed E-state index contributed by atoms with van der Waals surface area (Å²) in [4.78, 5) is 0. The molecule has 0 spiro atoms. The van der Waals surface area contributed by atoms with Gasteiger partial charge in [-0.25, -0.2) is 0 Å². The van der Waals surface area contributed by atoms with Gasteiger partial charge in [0.2, 0.25) is 0 Å². The van der Waals surface area contributed by atoms with Crippen LogP contribution in [0.15, 0.2) is 34.9 Å². The summed E-state index contributed by atoms with van der Waals surface area (Å²) in [7, 11) is 0. The smallest absolute Gasteiger partial charge is 0.165 e. The highest BCUT2D eigenvalue weighted by Gasteiger charge is 2.36. The van der Waals surface area contributed by atoms with Gasteiger partial charge in [-0.2, -0.15) is 0 Å². The van der Waals surface area contributed by atoms with Crippen molar-refractivity contribution in [3.63, 3.8) is 0 Å². The van der Waals surface area contributed by atoms with E-state index in [1.54, 1.807) is 0 Å². The molecule has 25 heavy (non-hydrogen) atoms. The van der Waals surface area contributed by atoms with E-state index in [9.17, 15) is 0 Å². The van der Waals surface area contributed by atoms with E-state index in [0.29, 0.717) is 0 Å². The number of allylic oxidation sites excluding steroid dienone is 6. The SMILES string of the molecule is CC(C)=CCCC(C)=CCCC(C)=CCCC1(C)OCC(C)(C)CO1. The number of rotatable bonds is 9. The Labute approximate surface area is 156 Å². The van der Waals surface area contributed by atoms with Gasteiger partial charge in [0.05, 0.1) is 13.2 Å². The second-order valence-electron chi connectivity index (χ2n) is 8.87. The van der Waals surface area contributed by atoms with E-state index in [2.05, 4.69) is 66.7 Å². The molecule has 0 aromatic carbocycles. The summed E-state index contributed by atoms with van der Waals surface area (Å²) in [5.74, 6) is -0.409. The van der Waals surface area contributed by atoms with Gasteiger partial charge in [0.15, 0.2) is 5.79 Å². The third-order valence-corrected chi connectivity index (χ3v) is 4.75. The predicted molar refractivity (Wildman–Crippen MR) is 109 cm³/mol. The second-order valence-corrected chi connectivity index (χ2v) is 8.87. The molecule has 1 saturated heterocycles. The van der Waals surface area contributed by atoms with Crippen molar-refractivity contribution in [1.82, 2.24) is 0 Å². The summed E-state index contributed by atoms with van der Waals surface area (Å²) >= 11 is 0. The van der Waals surface area contributed by atoms with Crippen LogP contribution in [0.25, 0.3) is 0 Å². The number of ether oxygens (including phenoxy) is 2. The Hall–Kier alpha value is -0.860. The zero-order valence-corrected chi connectivity index (χ0v) is 17.7. The molecule has 1 aliphatic heterocycles. The van der Waals surface area contributed by atoms with Gasteiger partial charge >= 0.3 is 0 Å². The topological polar surface area (TPSA) is 18.5 Å². The molecule has 0 aliphatic carbocycles. The minimum Gasteiger partial charge on any atom is -0.350 e. The molecule has 1 rings (SSSR count). The fourth-order valence-electron chi connectivity index (χ4n) is 2.84. The van der Waals surface area contributed by atoms with Gasteiger partial charge in [0.1, 0.15) is 0 Å². The van der Waals surface area contributed by atoms with Crippen LogP contribution in [0.2, 0.25) is 0 Å². The highest BCUT2D eigenvalue weighted by atomic mass is 16.7. The van der Waals surface area contributed by atoms with Crippen molar-refractivity contribution in [3.8, 4) is 0 Å². The zero-order valence-electron chi connectivity index (χ0n) is 17.7. The molecule has 0 saturated carbocycles. The van der Waals surface area contributed by atoms with Gasteiger partial charge in [0.25, 0.3) is 0 Å². The Kier molecular flexibility index (Phi) is 9.16. The molecular formula is C23H40O2. The summed E-state index contributed by atoms with van der Waals surface area (Å²) < 4.78 is 11.9. The summed E-state index contributed by atoms with van der Waals surface area (Å²) in [6.45, 7) is 16.8. The molecule has 0 atom stereocenters. The molecule has 0 bridgehead atoms. The maximum atomic E-state index is 5.96. The monoisotopic (exact) mass is 348 g/mol.